The number of benzene rings is 1. The molecule has 2 heterocycles. The first-order valence-electron chi connectivity index (χ1n) is 9.15. The van der Waals surface area contributed by atoms with Gasteiger partial charge in [-0.1, -0.05) is 30.3 Å². The van der Waals surface area contributed by atoms with E-state index in [9.17, 15) is 9.59 Å². The van der Waals surface area contributed by atoms with Crippen LogP contribution in [0.15, 0.2) is 30.3 Å². The zero-order valence-electron chi connectivity index (χ0n) is 15.0. The molecule has 0 bridgehead atoms. The van der Waals surface area contributed by atoms with Crippen molar-refractivity contribution in [3.8, 4) is 0 Å². The summed E-state index contributed by atoms with van der Waals surface area (Å²) in [4.78, 5) is 31.0. The van der Waals surface area contributed by atoms with Gasteiger partial charge in [0.05, 0.1) is 0 Å². The van der Waals surface area contributed by atoms with Crippen LogP contribution in [0.4, 0.5) is 0 Å². The van der Waals surface area contributed by atoms with Crippen molar-refractivity contribution >= 4 is 11.8 Å². The molecule has 2 aliphatic rings. The van der Waals surface area contributed by atoms with E-state index < -0.39 is 0 Å². The number of hydrogen-bond acceptors (Lipinski definition) is 4. The van der Waals surface area contributed by atoms with E-state index in [-0.39, 0.29) is 17.9 Å². The van der Waals surface area contributed by atoms with Crippen molar-refractivity contribution in [2.75, 3.05) is 46.3 Å². The second-order valence-electron chi connectivity index (χ2n) is 7.05. The van der Waals surface area contributed by atoms with Crippen molar-refractivity contribution in [1.29, 1.82) is 0 Å². The van der Waals surface area contributed by atoms with E-state index in [0.29, 0.717) is 25.9 Å². The molecule has 2 fully saturated rings. The molecule has 1 atom stereocenters. The van der Waals surface area contributed by atoms with Gasteiger partial charge in [-0.25, -0.2) is 0 Å². The normalized spacial score (nSPS) is 22.0. The largest absolute Gasteiger partial charge is 0.344 e. The lowest BCUT2D eigenvalue weighted by Crippen LogP contribution is -2.50. The quantitative estimate of drug-likeness (QED) is 0.818. The van der Waals surface area contributed by atoms with Gasteiger partial charge in [0.25, 0.3) is 0 Å². The number of rotatable bonds is 6. The first kappa shape index (κ1) is 17.9. The predicted molar refractivity (Wildman–Crippen MR) is 97.0 cm³/mol. The Morgan fingerprint density at radius 1 is 1.20 bits per heavy atom. The SMILES string of the molecule is CN1CCN(CCN(Cc2ccccc2)C(=O)C2CCC(=O)N2)CC1. The zero-order valence-corrected chi connectivity index (χ0v) is 15.0. The van der Waals surface area contributed by atoms with Crippen molar-refractivity contribution in [2.45, 2.75) is 25.4 Å². The first-order valence-corrected chi connectivity index (χ1v) is 9.15. The molecule has 1 N–H and O–H groups in total. The van der Waals surface area contributed by atoms with Gasteiger partial charge in [-0.3, -0.25) is 14.5 Å². The lowest BCUT2D eigenvalue weighted by atomic mass is 10.1. The molecule has 6 heteroatoms. The zero-order chi connectivity index (χ0) is 17.6. The molecule has 0 spiro atoms. The van der Waals surface area contributed by atoms with E-state index in [0.717, 1.165) is 38.3 Å². The summed E-state index contributed by atoms with van der Waals surface area (Å²) < 4.78 is 0. The fourth-order valence-electron chi connectivity index (χ4n) is 3.42. The Morgan fingerprint density at radius 2 is 1.92 bits per heavy atom. The summed E-state index contributed by atoms with van der Waals surface area (Å²) in [6, 6.07) is 9.71. The molecular weight excluding hydrogens is 316 g/mol. The number of likely N-dealkylation sites (N-methyl/N-ethyl adjacent to an activating group) is 1. The summed E-state index contributed by atoms with van der Waals surface area (Å²) in [5.41, 5.74) is 1.12. The summed E-state index contributed by atoms with van der Waals surface area (Å²) in [6.07, 6.45) is 1.06. The topological polar surface area (TPSA) is 55.9 Å². The molecular formula is C19H28N4O2. The van der Waals surface area contributed by atoms with Crippen LogP contribution < -0.4 is 5.32 Å². The van der Waals surface area contributed by atoms with Gasteiger partial charge in [-0.2, -0.15) is 0 Å². The maximum atomic E-state index is 12.9. The Bertz CT molecular complexity index is 584. The molecule has 1 aromatic rings. The minimum absolute atomic E-state index is 0.0166. The van der Waals surface area contributed by atoms with Crippen LogP contribution in [0.3, 0.4) is 0 Å². The van der Waals surface area contributed by atoms with Crippen LogP contribution >= 0.6 is 0 Å². The number of piperazine rings is 1. The van der Waals surface area contributed by atoms with Crippen LogP contribution in [0.25, 0.3) is 0 Å². The number of nitrogens with one attached hydrogen (secondary N) is 1. The van der Waals surface area contributed by atoms with Gasteiger partial charge >= 0.3 is 0 Å². The minimum Gasteiger partial charge on any atom is -0.344 e. The fourth-order valence-corrected chi connectivity index (χ4v) is 3.42. The molecule has 2 aliphatic heterocycles. The molecule has 0 aromatic heterocycles. The highest BCUT2D eigenvalue weighted by atomic mass is 16.2. The molecule has 25 heavy (non-hydrogen) atoms. The summed E-state index contributed by atoms with van der Waals surface area (Å²) in [6.45, 7) is 6.42. The summed E-state index contributed by atoms with van der Waals surface area (Å²) in [5.74, 6) is 0.0286. The number of carbonyl (C=O) groups excluding carboxylic acids is 2. The summed E-state index contributed by atoms with van der Waals surface area (Å²) in [5, 5.41) is 2.81. The van der Waals surface area contributed by atoms with Crippen molar-refractivity contribution in [2.24, 2.45) is 0 Å². The van der Waals surface area contributed by atoms with Gasteiger partial charge in [-0.05, 0) is 19.0 Å². The molecule has 2 saturated heterocycles. The molecule has 1 unspecified atom stereocenters. The van der Waals surface area contributed by atoms with Gasteiger partial charge in [0.2, 0.25) is 11.8 Å². The lowest BCUT2D eigenvalue weighted by Gasteiger charge is -2.34. The third-order valence-electron chi connectivity index (χ3n) is 5.10. The average molecular weight is 344 g/mol. The van der Waals surface area contributed by atoms with Crippen LogP contribution in [-0.4, -0.2) is 78.9 Å². The third-order valence-corrected chi connectivity index (χ3v) is 5.10. The first-order chi connectivity index (χ1) is 12.1. The number of amides is 2. The molecule has 0 saturated carbocycles. The lowest BCUT2D eigenvalue weighted by molar-refractivity contribution is -0.135. The van der Waals surface area contributed by atoms with Crippen molar-refractivity contribution in [3.63, 3.8) is 0 Å². The third kappa shape index (κ3) is 5.03. The molecule has 0 radical (unpaired) electrons. The van der Waals surface area contributed by atoms with Gasteiger partial charge in [0.15, 0.2) is 0 Å². The summed E-state index contributed by atoms with van der Waals surface area (Å²) >= 11 is 0. The van der Waals surface area contributed by atoms with E-state index in [4.69, 9.17) is 0 Å². The van der Waals surface area contributed by atoms with Gasteiger partial charge < -0.3 is 15.1 Å². The average Bonchev–Trinajstić information content (AvgIpc) is 3.07. The highest BCUT2D eigenvalue weighted by Gasteiger charge is 2.31. The smallest absolute Gasteiger partial charge is 0.245 e. The molecule has 1 aromatic carbocycles. The number of hydrogen-bond donors (Lipinski definition) is 1. The molecule has 6 nitrogen and oxygen atoms in total. The van der Waals surface area contributed by atoms with Gasteiger partial charge in [0, 0.05) is 52.2 Å². The van der Waals surface area contributed by atoms with E-state index in [1.165, 1.54) is 0 Å². The van der Waals surface area contributed by atoms with Crippen LogP contribution in [0.1, 0.15) is 18.4 Å². The van der Waals surface area contributed by atoms with Crippen LogP contribution in [-0.2, 0) is 16.1 Å². The van der Waals surface area contributed by atoms with Crippen LogP contribution in [0.5, 0.6) is 0 Å². The minimum atomic E-state index is -0.358. The molecule has 3 rings (SSSR count). The van der Waals surface area contributed by atoms with E-state index in [2.05, 4.69) is 22.2 Å². The van der Waals surface area contributed by atoms with Crippen LogP contribution in [0, 0.1) is 0 Å². The molecule has 0 aliphatic carbocycles. The standard InChI is InChI=1S/C19H28N4O2/c1-21-9-11-22(12-10-21)13-14-23(15-16-5-3-2-4-6-16)19(25)17-7-8-18(24)20-17/h2-6,17H,7-15H2,1H3,(H,20,24). The maximum absolute atomic E-state index is 12.9. The molecule has 136 valence electrons. The summed E-state index contributed by atoms with van der Waals surface area (Å²) in [7, 11) is 2.14. The van der Waals surface area contributed by atoms with Crippen molar-refractivity contribution < 1.29 is 9.59 Å². The van der Waals surface area contributed by atoms with Crippen LogP contribution in [0.2, 0.25) is 0 Å². The molecule has 2 amide bonds. The van der Waals surface area contributed by atoms with E-state index in [1.54, 1.807) is 0 Å². The fraction of sp³-hybridized carbons (Fsp3) is 0.579. The van der Waals surface area contributed by atoms with Gasteiger partial charge in [0.1, 0.15) is 6.04 Å². The Labute approximate surface area is 149 Å². The van der Waals surface area contributed by atoms with Crippen molar-refractivity contribution in [1.82, 2.24) is 20.0 Å². The maximum Gasteiger partial charge on any atom is 0.245 e. The Hall–Kier alpha value is -1.92. The second kappa shape index (κ2) is 8.45. The van der Waals surface area contributed by atoms with E-state index in [1.807, 2.05) is 35.2 Å². The van der Waals surface area contributed by atoms with Crippen molar-refractivity contribution in [3.05, 3.63) is 35.9 Å². The van der Waals surface area contributed by atoms with Gasteiger partial charge in [-0.15, -0.1) is 0 Å². The predicted octanol–water partition coefficient (Wildman–Crippen LogP) is 0.541. The highest BCUT2D eigenvalue weighted by Crippen LogP contribution is 2.13. The Kier molecular flexibility index (Phi) is 6.04. The second-order valence-corrected chi connectivity index (χ2v) is 7.05. The van der Waals surface area contributed by atoms with E-state index >= 15 is 0 Å². The Morgan fingerprint density at radius 3 is 2.56 bits per heavy atom. The number of carbonyl (C=O) groups is 2. The monoisotopic (exact) mass is 344 g/mol. The Balaban J connectivity index is 1.61. The number of nitrogens with zero attached hydrogens (tertiary/aromatic N) is 3. The highest BCUT2D eigenvalue weighted by molar-refractivity contribution is 5.90.